The van der Waals surface area contributed by atoms with Gasteiger partial charge in [-0.3, -0.25) is 9.80 Å². The van der Waals surface area contributed by atoms with Crippen molar-refractivity contribution >= 4 is 0 Å². The summed E-state index contributed by atoms with van der Waals surface area (Å²) in [6.07, 6.45) is 0. The quantitative estimate of drug-likeness (QED) is 0.763. The van der Waals surface area contributed by atoms with Crippen molar-refractivity contribution in [2.45, 2.75) is 51.7 Å². The molecule has 1 rings (SSSR count). The standard InChI is InChI=1S/C14H31N3O/c1-12(2)15-14(5,11-18)10-17-8-7-16(6)13(3,4)9-17/h12,15,18H,7-11H2,1-6H3. The van der Waals surface area contributed by atoms with Crippen LogP contribution >= 0.6 is 0 Å². The van der Waals surface area contributed by atoms with E-state index in [1.165, 1.54) is 0 Å². The minimum Gasteiger partial charge on any atom is -0.394 e. The Morgan fingerprint density at radius 3 is 2.39 bits per heavy atom. The molecule has 1 atom stereocenters. The van der Waals surface area contributed by atoms with Crippen LogP contribution in [0.3, 0.4) is 0 Å². The zero-order chi connectivity index (χ0) is 14.0. The van der Waals surface area contributed by atoms with Crippen LogP contribution < -0.4 is 5.32 Å². The van der Waals surface area contributed by atoms with Gasteiger partial charge in [0.05, 0.1) is 12.1 Å². The Morgan fingerprint density at radius 2 is 1.94 bits per heavy atom. The van der Waals surface area contributed by atoms with Gasteiger partial charge in [0.2, 0.25) is 0 Å². The smallest absolute Gasteiger partial charge is 0.0623 e. The fraction of sp³-hybridized carbons (Fsp3) is 1.00. The molecule has 0 amide bonds. The number of hydrogen-bond donors (Lipinski definition) is 2. The van der Waals surface area contributed by atoms with Crippen molar-refractivity contribution < 1.29 is 5.11 Å². The zero-order valence-corrected chi connectivity index (χ0v) is 13.0. The van der Waals surface area contributed by atoms with Crippen LogP contribution in [0.1, 0.15) is 34.6 Å². The van der Waals surface area contributed by atoms with Gasteiger partial charge in [0, 0.05) is 37.8 Å². The molecule has 0 aromatic heterocycles. The molecule has 18 heavy (non-hydrogen) atoms. The SMILES string of the molecule is CC(C)NC(C)(CO)CN1CCN(C)C(C)(C)C1. The van der Waals surface area contributed by atoms with Crippen molar-refractivity contribution in [2.75, 3.05) is 39.8 Å². The van der Waals surface area contributed by atoms with Crippen LogP contribution in [0, 0.1) is 0 Å². The number of rotatable bonds is 5. The van der Waals surface area contributed by atoms with E-state index in [0.717, 1.165) is 26.2 Å². The van der Waals surface area contributed by atoms with E-state index in [-0.39, 0.29) is 17.7 Å². The Morgan fingerprint density at radius 1 is 1.33 bits per heavy atom. The second kappa shape index (κ2) is 5.87. The first kappa shape index (κ1) is 15.9. The van der Waals surface area contributed by atoms with Crippen LogP contribution in [0.25, 0.3) is 0 Å². The molecule has 1 aliphatic rings. The summed E-state index contributed by atoms with van der Waals surface area (Å²) in [5.41, 5.74) is 0.00655. The van der Waals surface area contributed by atoms with E-state index < -0.39 is 0 Å². The normalized spacial score (nSPS) is 25.3. The molecule has 108 valence electrons. The van der Waals surface area contributed by atoms with Gasteiger partial charge in [-0.2, -0.15) is 0 Å². The lowest BCUT2D eigenvalue weighted by Crippen LogP contribution is -2.63. The Kier molecular flexibility index (Phi) is 5.18. The highest BCUT2D eigenvalue weighted by Crippen LogP contribution is 2.20. The van der Waals surface area contributed by atoms with Gasteiger partial charge in [0.1, 0.15) is 0 Å². The largest absolute Gasteiger partial charge is 0.394 e. The fourth-order valence-electron chi connectivity index (χ4n) is 2.81. The Bertz CT molecular complexity index is 268. The summed E-state index contributed by atoms with van der Waals surface area (Å²) < 4.78 is 0. The third kappa shape index (κ3) is 4.19. The van der Waals surface area contributed by atoms with Crippen molar-refractivity contribution in [3.8, 4) is 0 Å². The van der Waals surface area contributed by atoms with Crippen LogP contribution in [0.5, 0.6) is 0 Å². The van der Waals surface area contributed by atoms with Gasteiger partial charge >= 0.3 is 0 Å². The molecule has 2 N–H and O–H groups in total. The molecule has 0 aromatic rings. The number of nitrogens with one attached hydrogen (secondary N) is 1. The lowest BCUT2D eigenvalue weighted by molar-refractivity contribution is 0.0160. The third-order valence-corrected chi connectivity index (χ3v) is 3.95. The highest BCUT2D eigenvalue weighted by atomic mass is 16.3. The molecular weight excluding hydrogens is 226 g/mol. The third-order valence-electron chi connectivity index (χ3n) is 3.95. The number of piperazine rings is 1. The minimum atomic E-state index is -0.208. The number of likely N-dealkylation sites (N-methyl/N-ethyl adjacent to an activating group) is 1. The van der Waals surface area contributed by atoms with E-state index in [1.54, 1.807) is 0 Å². The summed E-state index contributed by atoms with van der Waals surface area (Å²) in [5.74, 6) is 0. The molecule has 0 aliphatic carbocycles. The van der Waals surface area contributed by atoms with Crippen molar-refractivity contribution in [2.24, 2.45) is 0 Å². The number of nitrogens with zero attached hydrogens (tertiary/aromatic N) is 2. The van der Waals surface area contributed by atoms with Gasteiger partial charge in [-0.15, -0.1) is 0 Å². The molecule has 1 heterocycles. The Labute approximate surface area is 112 Å². The predicted octanol–water partition coefficient (Wildman–Crippen LogP) is 0.761. The van der Waals surface area contributed by atoms with E-state index in [9.17, 15) is 5.11 Å². The highest BCUT2D eigenvalue weighted by Gasteiger charge is 2.34. The van der Waals surface area contributed by atoms with E-state index >= 15 is 0 Å². The zero-order valence-electron chi connectivity index (χ0n) is 13.0. The maximum atomic E-state index is 9.65. The number of aliphatic hydroxyl groups excluding tert-OH is 1. The predicted molar refractivity (Wildman–Crippen MR) is 76.9 cm³/mol. The van der Waals surface area contributed by atoms with E-state index in [4.69, 9.17) is 0 Å². The van der Waals surface area contributed by atoms with E-state index in [1.807, 2.05) is 0 Å². The molecule has 1 fully saturated rings. The first-order valence-electron chi connectivity index (χ1n) is 7.01. The first-order chi connectivity index (χ1) is 8.18. The molecular formula is C14H31N3O. The van der Waals surface area contributed by atoms with Crippen LogP contribution in [-0.4, -0.2) is 71.9 Å². The van der Waals surface area contributed by atoms with E-state index in [2.05, 4.69) is 56.8 Å². The van der Waals surface area contributed by atoms with Crippen LogP contribution in [0.4, 0.5) is 0 Å². The lowest BCUT2D eigenvalue weighted by atomic mass is 9.96. The summed E-state index contributed by atoms with van der Waals surface area (Å²) >= 11 is 0. The molecule has 0 spiro atoms. The lowest BCUT2D eigenvalue weighted by Gasteiger charge is -2.48. The van der Waals surface area contributed by atoms with Crippen molar-refractivity contribution in [3.05, 3.63) is 0 Å². The molecule has 0 radical (unpaired) electrons. The topological polar surface area (TPSA) is 38.7 Å². The van der Waals surface area contributed by atoms with Crippen LogP contribution in [0.2, 0.25) is 0 Å². The van der Waals surface area contributed by atoms with Gasteiger partial charge in [-0.05, 0) is 27.8 Å². The van der Waals surface area contributed by atoms with E-state index in [0.29, 0.717) is 6.04 Å². The van der Waals surface area contributed by atoms with Crippen LogP contribution in [-0.2, 0) is 0 Å². The van der Waals surface area contributed by atoms with Gasteiger partial charge in [0.25, 0.3) is 0 Å². The molecule has 4 heteroatoms. The van der Waals surface area contributed by atoms with Gasteiger partial charge in [-0.25, -0.2) is 0 Å². The van der Waals surface area contributed by atoms with Crippen LogP contribution in [0.15, 0.2) is 0 Å². The maximum absolute atomic E-state index is 9.65. The maximum Gasteiger partial charge on any atom is 0.0623 e. The average molecular weight is 257 g/mol. The fourth-order valence-corrected chi connectivity index (χ4v) is 2.81. The Balaban J connectivity index is 2.61. The summed E-state index contributed by atoms with van der Waals surface area (Å²) in [5, 5.41) is 13.1. The molecule has 4 nitrogen and oxygen atoms in total. The molecule has 0 saturated carbocycles. The second-order valence-corrected chi connectivity index (χ2v) is 6.96. The van der Waals surface area contributed by atoms with Gasteiger partial charge in [-0.1, -0.05) is 13.8 Å². The molecule has 0 aromatic carbocycles. The molecule has 1 unspecified atom stereocenters. The molecule has 0 bridgehead atoms. The highest BCUT2D eigenvalue weighted by molar-refractivity contribution is 4.93. The van der Waals surface area contributed by atoms with Gasteiger partial charge in [0.15, 0.2) is 0 Å². The van der Waals surface area contributed by atoms with Crippen molar-refractivity contribution in [3.63, 3.8) is 0 Å². The summed E-state index contributed by atoms with van der Waals surface area (Å²) in [6, 6.07) is 0.391. The number of aliphatic hydroxyl groups is 1. The molecule has 1 aliphatic heterocycles. The molecule has 1 saturated heterocycles. The van der Waals surface area contributed by atoms with Crippen molar-refractivity contribution in [1.82, 2.24) is 15.1 Å². The first-order valence-corrected chi connectivity index (χ1v) is 7.01. The minimum absolute atomic E-state index is 0.179. The second-order valence-electron chi connectivity index (χ2n) is 6.96. The van der Waals surface area contributed by atoms with Crippen molar-refractivity contribution in [1.29, 1.82) is 0 Å². The average Bonchev–Trinajstić information content (AvgIpc) is 2.22. The summed E-state index contributed by atoms with van der Waals surface area (Å²) in [6.45, 7) is 15.2. The number of hydrogen-bond acceptors (Lipinski definition) is 4. The summed E-state index contributed by atoms with van der Waals surface area (Å²) in [7, 11) is 2.19. The summed E-state index contributed by atoms with van der Waals surface area (Å²) in [4.78, 5) is 4.88. The monoisotopic (exact) mass is 257 g/mol. The Hall–Kier alpha value is -0.160. The van der Waals surface area contributed by atoms with Gasteiger partial charge < -0.3 is 10.4 Å².